The van der Waals surface area contributed by atoms with Crippen molar-refractivity contribution < 1.29 is 14.3 Å². The molecule has 1 spiro atoms. The number of carbonyl (C=O) groups is 1. The van der Waals surface area contributed by atoms with Crippen molar-refractivity contribution in [2.45, 2.75) is 25.9 Å². The van der Waals surface area contributed by atoms with Crippen LogP contribution in [0.3, 0.4) is 0 Å². The molecule has 5 aromatic carbocycles. The monoisotopic (exact) mass is 538 g/mol. The number of aryl methyl sites for hydroxylation is 1. The topological polar surface area (TPSA) is 50.8 Å². The maximum Gasteiger partial charge on any atom is 0.340 e. The fraction of sp³-hybridized carbons (Fsp3) is 0.139. The number of carbonyl (C=O) groups excluding carboxylic acids is 1. The zero-order chi connectivity index (χ0) is 28.1. The number of esters is 1. The number of nitrogens with one attached hydrogen (secondary N) is 1. The van der Waals surface area contributed by atoms with Gasteiger partial charge in [-0.2, -0.15) is 0 Å². The van der Waals surface area contributed by atoms with Gasteiger partial charge < -0.3 is 19.7 Å². The number of hydrogen-bond acceptors (Lipinski definition) is 5. The molecular weight excluding hydrogens is 508 g/mol. The first-order valence-corrected chi connectivity index (χ1v) is 13.9. The van der Waals surface area contributed by atoms with Gasteiger partial charge in [0, 0.05) is 41.2 Å². The smallest absolute Gasteiger partial charge is 0.340 e. The van der Waals surface area contributed by atoms with Crippen molar-refractivity contribution in [3.8, 4) is 11.5 Å². The Morgan fingerprint density at radius 1 is 0.756 bits per heavy atom. The number of benzene rings is 5. The highest BCUT2D eigenvalue weighted by atomic mass is 16.6. The zero-order valence-electron chi connectivity index (χ0n) is 23.3. The van der Waals surface area contributed by atoms with E-state index in [1.165, 1.54) is 11.1 Å². The first kappa shape index (κ1) is 25.0. The van der Waals surface area contributed by atoms with Crippen molar-refractivity contribution in [2.75, 3.05) is 17.3 Å². The van der Waals surface area contributed by atoms with Crippen molar-refractivity contribution in [1.29, 1.82) is 0 Å². The molecule has 1 atom stereocenters. The molecule has 0 bridgehead atoms. The lowest BCUT2D eigenvalue weighted by molar-refractivity contribution is 0.0224. The van der Waals surface area contributed by atoms with Crippen molar-refractivity contribution in [1.82, 2.24) is 0 Å². The molecule has 0 radical (unpaired) electrons. The van der Waals surface area contributed by atoms with Gasteiger partial charge in [0.1, 0.15) is 11.5 Å². The molecule has 0 saturated heterocycles. The molecule has 0 aliphatic carbocycles. The summed E-state index contributed by atoms with van der Waals surface area (Å²) in [5, 5.41) is 3.65. The van der Waals surface area contributed by atoms with Crippen LogP contribution in [-0.2, 0) is 16.8 Å². The molecule has 0 aromatic heterocycles. The summed E-state index contributed by atoms with van der Waals surface area (Å²) in [6.45, 7) is 4.35. The molecule has 202 valence electrons. The van der Waals surface area contributed by atoms with E-state index in [0.717, 1.165) is 45.9 Å². The average molecular weight is 539 g/mol. The summed E-state index contributed by atoms with van der Waals surface area (Å²) in [4.78, 5) is 15.5. The average Bonchev–Trinajstić information content (AvgIpc) is 3.30. The van der Waals surface area contributed by atoms with Gasteiger partial charge in [0.15, 0.2) is 5.60 Å². The summed E-state index contributed by atoms with van der Waals surface area (Å²) in [6.07, 6.45) is 0.958. The Balaban J connectivity index is 1.49. The van der Waals surface area contributed by atoms with E-state index < -0.39 is 5.60 Å². The lowest BCUT2D eigenvalue weighted by Crippen LogP contribution is -2.33. The maximum atomic E-state index is 13.3. The summed E-state index contributed by atoms with van der Waals surface area (Å²) in [6, 6.07) is 36.1. The molecule has 41 heavy (non-hydrogen) atoms. The second-order valence-electron chi connectivity index (χ2n) is 10.5. The van der Waals surface area contributed by atoms with E-state index in [-0.39, 0.29) is 5.97 Å². The van der Waals surface area contributed by atoms with Gasteiger partial charge in [-0.1, -0.05) is 73.7 Å². The number of para-hydroxylation sites is 2. The summed E-state index contributed by atoms with van der Waals surface area (Å²) in [5.41, 5.74) is 8.29. The molecule has 7 rings (SSSR count). The fourth-order valence-corrected chi connectivity index (χ4v) is 6.26. The summed E-state index contributed by atoms with van der Waals surface area (Å²) in [5.74, 6) is 0.984. The van der Waals surface area contributed by atoms with Gasteiger partial charge in [-0.3, -0.25) is 0 Å². The van der Waals surface area contributed by atoms with E-state index in [4.69, 9.17) is 9.47 Å². The van der Waals surface area contributed by atoms with Gasteiger partial charge in [0.05, 0.1) is 16.9 Å². The van der Waals surface area contributed by atoms with Crippen LogP contribution in [0.1, 0.15) is 45.1 Å². The highest BCUT2D eigenvalue weighted by Crippen LogP contribution is 2.57. The molecular formula is C36H30N2O3. The Morgan fingerprint density at radius 3 is 2.29 bits per heavy atom. The minimum atomic E-state index is -1.12. The molecule has 5 nitrogen and oxygen atoms in total. The normalized spacial score (nSPS) is 16.3. The lowest BCUT2D eigenvalue weighted by Gasteiger charge is -2.38. The zero-order valence-corrected chi connectivity index (χ0v) is 23.3. The van der Waals surface area contributed by atoms with Crippen molar-refractivity contribution >= 4 is 28.7 Å². The number of rotatable bonds is 5. The molecule has 0 saturated carbocycles. The number of ether oxygens (including phenoxy) is 2. The first-order valence-electron chi connectivity index (χ1n) is 13.9. The third-order valence-corrected chi connectivity index (χ3v) is 8.31. The Bertz CT molecular complexity index is 1810. The standard InChI is InChI=1S/C36H30N2O3/c1-4-24-13-12-19-31(23(24)2)38(3)32-22-34-29(21-30(32)37-25-14-6-5-7-15-25)36(28-18-10-11-20-33(28)40-34)27-17-9-8-16-26(27)35(39)41-36/h5-22,37H,4H2,1-3H3. The second-order valence-corrected chi connectivity index (χ2v) is 10.5. The summed E-state index contributed by atoms with van der Waals surface area (Å²) >= 11 is 0. The lowest BCUT2D eigenvalue weighted by atomic mass is 9.77. The Morgan fingerprint density at radius 2 is 1.49 bits per heavy atom. The third-order valence-electron chi connectivity index (χ3n) is 8.31. The maximum absolute atomic E-state index is 13.3. The summed E-state index contributed by atoms with van der Waals surface area (Å²) in [7, 11) is 2.08. The quantitative estimate of drug-likeness (QED) is 0.227. The van der Waals surface area contributed by atoms with E-state index in [0.29, 0.717) is 17.1 Å². The van der Waals surface area contributed by atoms with Crippen molar-refractivity contribution in [3.63, 3.8) is 0 Å². The van der Waals surface area contributed by atoms with Crippen molar-refractivity contribution in [3.05, 3.63) is 143 Å². The van der Waals surface area contributed by atoms with Crippen LogP contribution in [0.4, 0.5) is 22.7 Å². The SMILES string of the molecule is CCc1cccc(N(C)c2cc3c(cc2Nc2ccccc2)C2(OC(=O)c4ccccc42)c2ccccc2O3)c1C. The van der Waals surface area contributed by atoms with Crippen LogP contribution in [0.2, 0.25) is 0 Å². The molecule has 1 N–H and O–H groups in total. The Labute approximate surface area is 240 Å². The predicted octanol–water partition coefficient (Wildman–Crippen LogP) is 8.64. The highest BCUT2D eigenvalue weighted by Gasteiger charge is 2.53. The summed E-state index contributed by atoms with van der Waals surface area (Å²) < 4.78 is 13.0. The molecule has 0 fully saturated rings. The van der Waals surface area contributed by atoms with Gasteiger partial charge in [0.2, 0.25) is 0 Å². The number of nitrogens with zero attached hydrogens (tertiary/aromatic N) is 1. The van der Waals surface area contributed by atoms with Crippen LogP contribution >= 0.6 is 0 Å². The second kappa shape index (κ2) is 9.56. The van der Waals surface area contributed by atoms with Crippen molar-refractivity contribution in [2.24, 2.45) is 0 Å². The van der Waals surface area contributed by atoms with Gasteiger partial charge in [-0.25, -0.2) is 4.79 Å². The molecule has 2 aliphatic heterocycles. The molecule has 2 aliphatic rings. The van der Waals surface area contributed by atoms with Gasteiger partial charge in [-0.15, -0.1) is 0 Å². The largest absolute Gasteiger partial charge is 0.456 e. The minimum absolute atomic E-state index is 0.339. The van der Waals surface area contributed by atoms with E-state index in [1.807, 2.05) is 78.9 Å². The molecule has 5 heteroatoms. The van der Waals surface area contributed by atoms with Gasteiger partial charge in [-0.05, 0) is 60.9 Å². The van der Waals surface area contributed by atoms with E-state index in [1.54, 1.807) is 0 Å². The van der Waals surface area contributed by atoms with Crippen LogP contribution in [0.15, 0.2) is 109 Å². The predicted molar refractivity (Wildman–Crippen MR) is 163 cm³/mol. The third kappa shape index (κ3) is 3.80. The Kier molecular flexibility index (Phi) is 5.82. The molecule has 2 heterocycles. The van der Waals surface area contributed by atoms with Crippen LogP contribution in [0.5, 0.6) is 11.5 Å². The highest BCUT2D eigenvalue weighted by molar-refractivity contribution is 5.97. The fourth-order valence-electron chi connectivity index (χ4n) is 6.26. The minimum Gasteiger partial charge on any atom is -0.456 e. The van der Waals surface area contributed by atoms with E-state index in [2.05, 4.69) is 61.4 Å². The van der Waals surface area contributed by atoms with E-state index in [9.17, 15) is 4.79 Å². The number of fused-ring (bicyclic) bond motifs is 6. The number of anilines is 4. The molecule has 5 aromatic rings. The van der Waals surface area contributed by atoms with Gasteiger partial charge >= 0.3 is 5.97 Å². The number of hydrogen-bond donors (Lipinski definition) is 1. The van der Waals surface area contributed by atoms with Gasteiger partial charge in [0.25, 0.3) is 0 Å². The van der Waals surface area contributed by atoms with Crippen LogP contribution in [-0.4, -0.2) is 13.0 Å². The van der Waals surface area contributed by atoms with E-state index >= 15 is 0 Å². The first-order chi connectivity index (χ1) is 20.0. The Hall–Kier alpha value is -5.03. The van der Waals surface area contributed by atoms with Crippen LogP contribution < -0.4 is 15.0 Å². The van der Waals surface area contributed by atoms with Crippen LogP contribution in [0, 0.1) is 6.92 Å². The molecule has 1 unspecified atom stereocenters. The van der Waals surface area contributed by atoms with Crippen LogP contribution in [0.25, 0.3) is 0 Å². The molecule has 0 amide bonds.